The molecule has 94 valence electrons. The quantitative estimate of drug-likeness (QED) is 0.816. The van der Waals surface area contributed by atoms with Gasteiger partial charge in [-0.25, -0.2) is 0 Å². The average Bonchev–Trinajstić information content (AvgIpc) is 2.39. The number of benzene rings is 1. The Morgan fingerprint density at radius 1 is 1.29 bits per heavy atom. The summed E-state index contributed by atoms with van der Waals surface area (Å²) in [6, 6.07) is 10.0. The molecule has 0 amide bonds. The van der Waals surface area contributed by atoms with E-state index in [0.717, 1.165) is 24.8 Å². The summed E-state index contributed by atoms with van der Waals surface area (Å²) >= 11 is 0. The molecule has 0 radical (unpaired) electrons. The molecule has 0 spiro atoms. The number of hydrogen-bond acceptors (Lipinski definition) is 3. The topological polar surface area (TPSA) is 38.7 Å². The first-order chi connectivity index (χ1) is 8.24. The molecule has 0 saturated heterocycles. The predicted octanol–water partition coefficient (Wildman–Crippen LogP) is 2.48. The van der Waals surface area contributed by atoms with Gasteiger partial charge in [0.15, 0.2) is 5.79 Å². The molecule has 1 aromatic carbocycles. The number of ether oxygens (including phenoxy) is 2. The van der Waals surface area contributed by atoms with Gasteiger partial charge in [-0.2, -0.15) is 0 Å². The van der Waals surface area contributed by atoms with E-state index < -0.39 is 5.79 Å². The molecule has 3 nitrogen and oxygen atoms in total. The summed E-state index contributed by atoms with van der Waals surface area (Å²) in [5.41, 5.74) is 1.12. The Hall–Kier alpha value is -0.900. The largest absolute Gasteiger partial charge is 0.368 e. The van der Waals surface area contributed by atoms with Crippen molar-refractivity contribution in [3.05, 3.63) is 35.9 Å². The van der Waals surface area contributed by atoms with Crippen LogP contribution in [0, 0.1) is 0 Å². The standard InChI is InChI=1S/C14H20O3/c1-16-14(15)10-6-5-9-13(14)17-11-12-7-3-2-4-8-12/h2-4,7-8,13,15H,5-6,9-11H2,1H3/t13?,14-/m0/s1. The lowest BCUT2D eigenvalue weighted by Crippen LogP contribution is -2.47. The van der Waals surface area contributed by atoms with Crippen LogP contribution in [-0.4, -0.2) is 24.1 Å². The minimum absolute atomic E-state index is 0.221. The maximum atomic E-state index is 10.3. The predicted molar refractivity (Wildman–Crippen MR) is 65.4 cm³/mol. The zero-order valence-corrected chi connectivity index (χ0v) is 10.3. The van der Waals surface area contributed by atoms with Crippen molar-refractivity contribution >= 4 is 0 Å². The SMILES string of the molecule is CO[C@@]1(O)CCCCC1OCc1ccccc1. The first-order valence-electron chi connectivity index (χ1n) is 6.18. The van der Waals surface area contributed by atoms with Crippen LogP contribution in [0.2, 0.25) is 0 Å². The highest BCUT2D eigenvalue weighted by atomic mass is 16.6. The van der Waals surface area contributed by atoms with Crippen molar-refractivity contribution in [3.8, 4) is 0 Å². The molecule has 1 saturated carbocycles. The van der Waals surface area contributed by atoms with Gasteiger partial charge in [0.2, 0.25) is 0 Å². The van der Waals surface area contributed by atoms with Gasteiger partial charge in [0.25, 0.3) is 0 Å². The molecule has 1 aliphatic rings. The van der Waals surface area contributed by atoms with Gasteiger partial charge in [0.05, 0.1) is 6.61 Å². The molecule has 0 bridgehead atoms. The number of hydrogen-bond donors (Lipinski definition) is 1. The fraction of sp³-hybridized carbons (Fsp3) is 0.571. The summed E-state index contributed by atoms with van der Waals surface area (Å²) in [4.78, 5) is 0. The summed E-state index contributed by atoms with van der Waals surface area (Å²) in [7, 11) is 1.55. The van der Waals surface area contributed by atoms with E-state index in [4.69, 9.17) is 9.47 Å². The van der Waals surface area contributed by atoms with Gasteiger partial charge in [0.1, 0.15) is 6.10 Å². The fourth-order valence-corrected chi connectivity index (χ4v) is 2.31. The van der Waals surface area contributed by atoms with Crippen LogP contribution in [0.4, 0.5) is 0 Å². The van der Waals surface area contributed by atoms with Crippen LogP contribution in [0.3, 0.4) is 0 Å². The minimum Gasteiger partial charge on any atom is -0.368 e. The Bertz CT molecular complexity index is 339. The maximum absolute atomic E-state index is 10.3. The van der Waals surface area contributed by atoms with Crippen molar-refractivity contribution in [2.45, 2.75) is 44.2 Å². The smallest absolute Gasteiger partial charge is 0.191 e. The lowest BCUT2D eigenvalue weighted by Gasteiger charge is -2.38. The van der Waals surface area contributed by atoms with Crippen LogP contribution in [0.25, 0.3) is 0 Å². The molecule has 3 heteroatoms. The van der Waals surface area contributed by atoms with Crippen LogP contribution in [0.1, 0.15) is 31.2 Å². The van der Waals surface area contributed by atoms with Crippen LogP contribution >= 0.6 is 0 Å². The third kappa shape index (κ3) is 3.06. The van der Waals surface area contributed by atoms with Gasteiger partial charge in [-0.1, -0.05) is 36.8 Å². The van der Waals surface area contributed by atoms with Crippen molar-refractivity contribution in [3.63, 3.8) is 0 Å². The molecule has 1 aromatic rings. The molecule has 2 rings (SSSR count). The van der Waals surface area contributed by atoms with Crippen molar-refractivity contribution in [1.29, 1.82) is 0 Å². The Kier molecular flexibility index (Phi) is 4.15. The zero-order chi connectivity index (χ0) is 12.1. The molecule has 1 unspecified atom stereocenters. The van der Waals surface area contributed by atoms with Crippen molar-refractivity contribution < 1.29 is 14.6 Å². The summed E-state index contributed by atoms with van der Waals surface area (Å²) < 4.78 is 11.0. The highest BCUT2D eigenvalue weighted by molar-refractivity contribution is 5.13. The Labute approximate surface area is 102 Å². The zero-order valence-electron chi connectivity index (χ0n) is 10.3. The van der Waals surface area contributed by atoms with E-state index in [1.54, 1.807) is 7.11 Å². The summed E-state index contributed by atoms with van der Waals surface area (Å²) in [6.07, 6.45) is 3.38. The lowest BCUT2D eigenvalue weighted by molar-refractivity contribution is -0.271. The molecule has 17 heavy (non-hydrogen) atoms. The van der Waals surface area contributed by atoms with E-state index in [2.05, 4.69) is 0 Å². The second-order valence-electron chi connectivity index (χ2n) is 4.58. The third-order valence-corrected chi connectivity index (χ3v) is 3.40. The van der Waals surface area contributed by atoms with E-state index in [1.165, 1.54) is 0 Å². The van der Waals surface area contributed by atoms with Crippen molar-refractivity contribution in [2.75, 3.05) is 7.11 Å². The third-order valence-electron chi connectivity index (χ3n) is 3.40. The Morgan fingerprint density at radius 3 is 2.76 bits per heavy atom. The van der Waals surface area contributed by atoms with Crippen LogP contribution in [0.5, 0.6) is 0 Å². The molecule has 2 atom stereocenters. The summed E-state index contributed by atoms with van der Waals surface area (Å²) in [5.74, 6) is -1.10. The Balaban J connectivity index is 1.93. The van der Waals surface area contributed by atoms with E-state index in [0.29, 0.717) is 13.0 Å². The molecular weight excluding hydrogens is 216 g/mol. The van der Waals surface area contributed by atoms with Crippen LogP contribution < -0.4 is 0 Å². The number of aliphatic hydroxyl groups is 1. The monoisotopic (exact) mass is 236 g/mol. The van der Waals surface area contributed by atoms with Gasteiger partial charge >= 0.3 is 0 Å². The molecule has 1 fully saturated rings. The first-order valence-corrected chi connectivity index (χ1v) is 6.18. The summed E-state index contributed by atoms with van der Waals surface area (Å²) in [5, 5.41) is 10.3. The highest BCUT2D eigenvalue weighted by Gasteiger charge is 2.39. The average molecular weight is 236 g/mol. The minimum atomic E-state index is -1.10. The second kappa shape index (κ2) is 5.63. The number of rotatable bonds is 4. The van der Waals surface area contributed by atoms with Crippen LogP contribution in [-0.2, 0) is 16.1 Å². The second-order valence-corrected chi connectivity index (χ2v) is 4.58. The molecule has 1 N–H and O–H groups in total. The van der Waals surface area contributed by atoms with Crippen molar-refractivity contribution in [2.24, 2.45) is 0 Å². The lowest BCUT2D eigenvalue weighted by atomic mass is 9.91. The van der Waals surface area contributed by atoms with Crippen LogP contribution in [0.15, 0.2) is 30.3 Å². The maximum Gasteiger partial charge on any atom is 0.191 e. The fourth-order valence-electron chi connectivity index (χ4n) is 2.31. The van der Waals surface area contributed by atoms with E-state index in [-0.39, 0.29) is 6.10 Å². The molecular formula is C14H20O3. The van der Waals surface area contributed by atoms with E-state index in [9.17, 15) is 5.11 Å². The van der Waals surface area contributed by atoms with Gasteiger partial charge in [-0.05, 0) is 18.4 Å². The number of methoxy groups -OCH3 is 1. The molecule has 0 aromatic heterocycles. The summed E-state index contributed by atoms with van der Waals surface area (Å²) in [6.45, 7) is 0.525. The highest BCUT2D eigenvalue weighted by Crippen LogP contribution is 2.31. The van der Waals surface area contributed by atoms with Gasteiger partial charge < -0.3 is 14.6 Å². The first kappa shape index (κ1) is 12.6. The molecule has 1 aliphatic carbocycles. The Morgan fingerprint density at radius 2 is 2.06 bits per heavy atom. The van der Waals surface area contributed by atoms with E-state index in [1.807, 2.05) is 30.3 Å². The van der Waals surface area contributed by atoms with Gasteiger partial charge in [-0.15, -0.1) is 0 Å². The normalized spacial score (nSPS) is 29.2. The van der Waals surface area contributed by atoms with E-state index >= 15 is 0 Å². The van der Waals surface area contributed by atoms with Gasteiger partial charge in [-0.3, -0.25) is 0 Å². The van der Waals surface area contributed by atoms with Gasteiger partial charge in [0, 0.05) is 13.5 Å². The molecule has 0 heterocycles. The molecule has 0 aliphatic heterocycles. The van der Waals surface area contributed by atoms with Crippen molar-refractivity contribution in [1.82, 2.24) is 0 Å².